The van der Waals surface area contributed by atoms with E-state index in [4.69, 9.17) is 14.6 Å². The van der Waals surface area contributed by atoms with Crippen LogP contribution in [0.1, 0.15) is 22.3 Å². The molecule has 8 heteroatoms. The second-order valence-electron chi connectivity index (χ2n) is 5.43. The Balaban J connectivity index is 2.37. The summed E-state index contributed by atoms with van der Waals surface area (Å²) in [6.07, 6.45) is 0. The molecule has 1 amide bonds. The summed E-state index contributed by atoms with van der Waals surface area (Å²) in [5, 5.41) is 9.73. The molecule has 0 aliphatic rings. The van der Waals surface area contributed by atoms with Gasteiger partial charge in [0, 0.05) is 12.6 Å². The summed E-state index contributed by atoms with van der Waals surface area (Å²) in [6.45, 7) is 3.19. The van der Waals surface area contributed by atoms with E-state index in [1.54, 1.807) is 33.3 Å². The Bertz CT molecular complexity index is 802. The van der Waals surface area contributed by atoms with Gasteiger partial charge in [-0.1, -0.05) is 0 Å². The van der Waals surface area contributed by atoms with Crippen LogP contribution in [0.5, 0.6) is 11.5 Å². The molecule has 1 unspecified atom stereocenters. The fourth-order valence-corrected chi connectivity index (χ4v) is 3.23. The number of amides is 1. The zero-order chi connectivity index (χ0) is 18.7. The molecule has 7 nitrogen and oxygen atoms in total. The van der Waals surface area contributed by atoms with Crippen LogP contribution in [0.25, 0.3) is 10.6 Å². The van der Waals surface area contributed by atoms with Crippen molar-refractivity contribution >= 4 is 23.2 Å². The van der Waals surface area contributed by atoms with E-state index < -0.39 is 12.0 Å². The van der Waals surface area contributed by atoms with E-state index in [1.807, 2.05) is 6.07 Å². The summed E-state index contributed by atoms with van der Waals surface area (Å²) in [4.78, 5) is 29.7. The number of ether oxygens (including phenoxy) is 2. The lowest BCUT2D eigenvalue weighted by Gasteiger charge is -2.20. The Morgan fingerprint density at radius 3 is 2.44 bits per heavy atom. The number of likely N-dealkylation sites (N-methyl/N-ethyl adjacent to an activating group) is 1. The number of aliphatic carboxylic acids is 1. The van der Waals surface area contributed by atoms with Crippen molar-refractivity contribution in [1.29, 1.82) is 0 Å². The van der Waals surface area contributed by atoms with Gasteiger partial charge in [-0.15, -0.1) is 11.3 Å². The van der Waals surface area contributed by atoms with Gasteiger partial charge < -0.3 is 19.5 Å². The topological polar surface area (TPSA) is 89.0 Å². The quantitative estimate of drug-likeness (QED) is 0.848. The van der Waals surface area contributed by atoms with E-state index in [0.717, 1.165) is 5.56 Å². The lowest BCUT2D eigenvalue weighted by atomic mass is 10.2. The molecule has 0 saturated heterocycles. The SMILES string of the molecule is COc1ccc(-c2nc(C)c(C(=O)N(C)C(C)C(=O)O)s2)cc1OC. The largest absolute Gasteiger partial charge is 0.493 e. The van der Waals surface area contributed by atoms with Crippen LogP contribution in [0.2, 0.25) is 0 Å². The monoisotopic (exact) mass is 364 g/mol. The van der Waals surface area contributed by atoms with Gasteiger partial charge in [0.1, 0.15) is 15.9 Å². The van der Waals surface area contributed by atoms with Gasteiger partial charge in [0.05, 0.1) is 19.9 Å². The van der Waals surface area contributed by atoms with Gasteiger partial charge in [0.25, 0.3) is 5.91 Å². The molecular weight excluding hydrogens is 344 g/mol. The number of rotatable bonds is 6. The number of carbonyl (C=O) groups excluding carboxylic acids is 1. The molecule has 0 spiro atoms. The number of nitrogens with zero attached hydrogens (tertiary/aromatic N) is 2. The average molecular weight is 364 g/mol. The molecule has 134 valence electrons. The van der Waals surface area contributed by atoms with E-state index in [-0.39, 0.29) is 5.91 Å². The first-order valence-corrected chi connectivity index (χ1v) is 8.31. The molecule has 1 N–H and O–H groups in total. The minimum absolute atomic E-state index is 0.364. The number of carbonyl (C=O) groups is 2. The highest BCUT2D eigenvalue weighted by atomic mass is 32.1. The van der Waals surface area contributed by atoms with Crippen molar-refractivity contribution in [3.8, 4) is 22.1 Å². The molecule has 1 atom stereocenters. The highest BCUT2D eigenvalue weighted by molar-refractivity contribution is 7.17. The summed E-state index contributed by atoms with van der Waals surface area (Å²) >= 11 is 1.22. The number of hydrogen-bond donors (Lipinski definition) is 1. The van der Waals surface area contributed by atoms with Crippen LogP contribution in [-0.4, -0.2) is 54.2 Å². The number of aryl methyl sites for hydroxylation is 1. The zero-order valence-corrected chi connectivity index (χ0v) is 15.5. The van der Waals surface area contributed by atoms with Crippen LogP contribution in [0.15, 0.2) is 18.2 Å². The van der Waals surface area contributed by atoms with Crippen LogP contribution < -0.4 is 9.47 Å². The van der Waals surface area contributed by atoms with Gasteiger partial charge in [-0.2, -0.15) is 0 Å². The summed E-state index contributed by atoms with van der Waals surface area (Å²) < 4.78 is 10.5. The maximum absolute atomic E-state index is 12.6. The number of aromatic nitrogens is 1. The lowest BCUT2D eigenvalue weighted by Crippen LogP contribution is -2.40. The maximum atomic E-state index is 12.6. The van der Waals surface area contributed by atoms with Crippen molar-refractivity contribution in [2.24, 2.45) is 0 Å². The van der Waals surface area contributed by atoms with Crippen molar-refractivity contribution in [3.63, 3.8) is 0 Å². The smallest absolute Gasteiger partial charge is 0.326 e. The fraction of sp³-hybridized carbons (Fsp3) is 0.353. The van der Waals surface area contributed by atoms with Crippen molar-refractivity contribution in [1.82, 2.24) is 9.88 Å². The van der Waals surface area contributed by atoms with Gasteiger partial charge in [-0.3, -0.25) is 4.79 Å². The van der Waals surface area contributed by atoms with E-state index >= 15 is 0 Å². The molecule has 1 aromatic carbocycles. The van der Waals surface area contributed by atoms with Crippen LogP contribution in [0.4, 0.5) is 0 Å². The summed E-state index contributed by atoms with van der Waals surface area (Å²) in [7, 11) is 4.57. The number of hydrogen-bond acceptors (Lipinski definition) is 6. The molecule has 2 aromatic rings. The number of thiazole rings is 1. The van der Waals surface area contributed by atoms with Crippen LogP contribution in [-0.2, 0) is 4.79 Å². The number of carboxylic acids is 1. The Kier molecular flexibility index (Phi) is 5.63. The fourth-order valence-electron chi connectivity index (χ4n) is 2.19. The van der Waals surface area contributed by atoms with Crippen LogP contribution in [0, 0.1) is 6.92 Å². The van der Waals surface area contributed by atoms with E-state index in [0.29, 0.717) is 27.1 Å². The second-order valence-corrected chi connectivity index (χ2v) is 6.43. The molecule has 0 bridgehead atoms. The third-order valence-electron chi connectivity index (χ3n) is 3.88. The molecule has 0 saturated carbocycles. The van der Waals surface area contributed by atoms with Gasteiger partial charge in [-0.25, -0.2) is 9.78 Å². The molecule has 1 heterocycles. The zero-order valence-electron chi connectivity index (χ0n) is 14.7. The highest BCUT2D eigenvalue weighted by Gasteiger charge is 2.26. The maximum Gasteiger partial charge on any atom is 0.326 e. The normalized spacial score (nSPS) is 11.7. The molecule has 1 aromatic heterocycles. The van der Waals surface area contributed by atoms with Crippen molar-refractivity contribution in [2.45, 2.75) is 19.9 Å². The molecule has 0 aliphatic carbocycles. The predicted octanol–water partition coefficient (Wildman–Crippen LogP) is 2.68. The Morgan fingerprint density at radius 2 is 1.88 bits per heavy atom. The molecule has 0 aliphatic heterocycles. The minimum atomic E-state index is -1.06. The van der Waals surface area contributed by atoms with Crippen molar-refractivity contribution in [3.05, 3.63) is 28.8 Å². The average Bonchev–Trinajstić information content (AvgIpc) is 3.00. The second kappa shape index (κ2) is 7.52. The molecule has 25 heavy (non-hydrogen) atoms. The molecular formula is C17H20N2O5S. The summed E-state index contributed by atoms with van der Waals surface area (Å²) in [5.74, 6) is -0.252. The first-order chi connectivity index (χ1) is 11.8. The predicted molar refractivity (Wildman–Crippen MR) is 94.6 cm³/mol. The van der Waals surface area contributed by atoms with Crippen LogP contribution >= 0.6 is 11.3 Å². The molecule has 0 radical (unpaired) electrons. The first kappa shape index (κ1) is 18.7. The Morgan fingerprint density at radius 1 is 1.24 bits per heavy atom. The van der Waals surface area contributed by atoms with Crippen LogP contribution in [0.3, 0.4) is 0 Å². The third kappa shape index (κ3) is 3.74. The minimum Gasteiger partial charge on any atom is -0.493 e. The number of carboxylic acid groups (broad SMARTS) is 1. The Hall–Kier alpha value is -2.61. The number of benzene rings is 1. The molecule has 2 rings (SSSR count). The van der Waals surface area contributed by atoms with E-state index in [1.165, 1.54) is 30.2 Å². The summed E-state index contributed by atoms with van der Waals surface area (Å²) in [6, 6.07) is 4.47. The highest BCUT2D eigenvalue weighted by Crippen LogP contribution is 2.35. The number of methoxy groups -OCH3 is 2. The standard InChI is InChI=1S/C17H20N2O5S/c1-9-14(16(20)19(3)10(2)17(21)22)25-15(18-9)11-6-7-12(23-4)13(8-11)24-5/h6-8,10H,1-5H3,(H,21,22). The van der Waals surface area contributed by atoms with Gasteiger partial charge in [0.2, 0.25) is 0 Å². The van der Waals surface area contributed by atoms with Gasteiger partial charge in [-0.05, 0) is 32.0 Å². The van der Waals surface area contributed by atoms with Gasteiger partial charge in [0.15, 0.2) is 11.5 Å². The Labute approximate surface area is 149 Å². The van der Waals surface area contributed by atoms with Crippen molar-refractivity contribution < 1.29 is 24.2 Å². The lowest BCUT2D eigenvalue weighted by molar-refractivity contribution is -0.141. The van der Waals surface area contributed by atoms with E-state index in [9.17, 15) is 9.59 Å². The molecule has 0 fully saturated rings. The van der Waals surface area contributed by atoms with E-state index in [2.05, 4.69) is 4.98 Å². The summed E-state index contributed by atoms with van der Waals surface area (Å²) in [5.41, 5.74) is 1.35. The van der Waals surface area contributed by atoms with Gasteiger partial charge >= 0.3 is 5.97 Å². The first-order valence-electron chi connectivity index (χ1n) is 7.50. The van der Waals surface area contributed by atoms with Crippen molar-refractivity contribution in [2.75, 3.05) is 21.3 Å². The third-order valence-corrected chi connectivity index (χ3v) is 5.07.